The average Bonchev–Trinajstić information content (AvgIpc) is 2.62. The van der Waals surface area contributed by atoms with Crippen LogP contribution in [0.3, 0.4) is 0 Å². The summed E-state index contributed by atoms with van der Waals surface area (Å²) in [5.74, 6) is 0.624. The first-order chi connectivity index (χ1) is 11.6. The lowest BCUT2D eigenvalue weighted by Gasteiger charge is -2.37. The number of phenols is 1. The number of benzene rings is 1. The molecule has 24 heavy (non-hydrogen) atoms. The fraction of sp³-hybridized carbons (Fsp3) is 0.611. The van der Waals surface area contributed by atoms with Crippen molar-refractivity contribution in [2.45, 2.75) is 25.4 Å². The van der Waals surface area contributed by atoms with Gasteiger partial charge < -0.3 is 20.5 Å². The van der Waals surface area contributed by atoms with Gasteiger partial charge >= 0.3 is 0 Å². The van der Waals surface area contributed by atoms with E-state index in [1.165, 1.54) is 0 Å². The minimum absolute atomic E-state index is 0.0823. The fourth-order valence-electron chi connectivity index (χ4n) is 3.53. The Morgan fingerprint density at radius 3 is 2.62 bits per heavy atom. The first kappa shape index (κ1) is 17.2. The molecule has 2 fully saturated rings. The van der Waals surface area contributed by atoms with E-state index in [1.807, 2.05) is 17.0 Å². The van der Waals surface area contributed by atoms with E-state index in [4.69, 9.17) is 10.5 Å². The van der Waals surface area contributed by atoms with Crippen LogP contribution in [0.5, 0.6) is 5.75 Å². The highest BCUT2D eigenvalue weighted by molar-refractivity contribution is 5.82. The third-order valence-corrected chi connectivity index (χ3v) is 5.06. The summed E-state index contributed by atoms with van der Waals surface area (Å²) < 4.78 is 5.35. The molecule has 2 saturated heterocycles. The van der Waals surface area contributed by atoms with Gasteiger partial charge in [-0.15, -0.1) is 0 Å². The van der Waals surface area contributed by atoms with Crippen molar-refractivity contribution in [3.63, 3.8) is 0 Å². The summed E-state index contributed by atoms with van der Waals surface area (Å²) >= 11 is 0. The van der Waals surface area contributed by atoms with Crippen LogP contribution in [0.4, 0.5) is 0 Å². The van der Waals surface area contributed by atoms with Crippen LogP contribution in [-0.2, 0) is 16.1 Å². The molecule has 132 valence electrons. The summed E-state index contributed by atoms with van der Waals surface area (Å²) in [5, 5.41) is 9.55. The maximum atomic E-state index is 12.6. The van der Waals surface area contributed by atoms with Gasteiger partial charge in [0.1, 0.15) is 5.75 Å². The van der Waals surface area contributed by atoms with Crippen LogP contribution in [0, 0.1) is 5.92 Å². The molecule has 3 rings (SSSR count). The quantitative estimate of drug-likeness (QED) is 0.852. The largest absolute Gasteiger partial charge is 0.508 e. The van der Waals surface area contributed by atoms with Crippen molar-refractivity contribution in [2.75, 3.05) is 39.4 Å². The Hall–Kier alpha value is -1.63. The minimum atomic E-state index is -0.397. The van der Waals surface area contributed by atoms with E-state index in [1.54, 1.807) is 12.1 Å². The lowest BCUT2D eigenvalue weighted by Crippen LogP contribution is -2.55. The fourth-order valence-corrected chi connectivity index (χ4v) is 3.53. The summed E-state index contributed by atoms with van der Waals surface area (Å²) in [6.07, 6.45) is 1.76. The van der Waals surface area contributed by atoms with Crippen molar-refractivity contribution in [1.82, 2.24) is 9.80 Å². The molecule has 6 nitrogen and oxygen atoms in total. The molecule has 0 radical (unpaired) electrons. The number of amides is 1. The number of carbonyl (C=O) groups excluding carboxylic acids is 1. The second-order valence-corrected chi connectivity index (χ2v) is 6.75. The Kier molecular flexibility index (Phi) is 5.71. The Balaban J connectivity index is 1.48. The number of hydrogen-bond donors (Lipinski definition) is 2. The third-order valence-electron chi connectivity index (χ3n) is 5.06. The monoisotopic (exact) mass is 333 g/mol. The van der Waals surface area contributed by atoms with Gasteiger partial charge in [0, 0.05) is 45.9 Å². The average molecular weight is 333 g/mol. The zero-order chi connectivity index (χ0) is 16.9. The van der Waals surface area contributed by atoms with Crippen LogP contribution in [0.2, 0.25) is 0 Å². The lowest BCUT2D eigenvalue weighted by atomic mass is 9.91. The van der Waals surface area contributed by atoms with Crippen LogP contribution >= 0.6 is 0 Å². The molecule has 1 unspecified atom stereocenters. The summed E-state index contributed by atoms with van der Waals surface area (Å²) in [7, 11) is 0. The molecule has 2 heterocycles. The molecule has 1 aromatic carbocycles. The second-order valence-electron chi connectivity index (χ2n) is 6.75. The highest BCUT2D eigenvalue weighted by Gasteiger charge is 2.31. The predicted octanol–water partition coefficient (Wildman–Crippen LogP) is 0.790. The highest BCUT2D eigenvalue weighted by atomic mass is 16.5. The van der Waals surface area contributed by atoms with Gasteiger partial charge in [0.15, 0.2) is 0 Å². The Morgan fingerprint density at radius 2 is 1.96 bits per heavy atom. The van der Waals surface area contributed by atoms with Crippen molar-refractivity contribution in [2.24, 2.45) is 11.7 Å². The molecule has 0 aliphatic carbocycles. The smallest absolute Gasteiger partial charge is 0.239 e. The molecule has 0 aromatic heterocycles. The standard InChI is InChI=1S/C18H27N3O3/c19-17(15-4-10-24-11-5-15)18(23)21-8-6-20(7-9-21)13-14-2-1-3-16(22)12-14/h1-3,12,15,17,22H,4-11,13,19H2. The molecule has 2 aliphatic rings. The molecule has 3 N–H and O–H groups in total. The molecule has 1 amide bonds. The molecular formula is C18H27N3O3. The number of carbonyl (C=O) groups is 1. The Labute approximate surface area is 143 Å². The maximum absolute atomic E-state index is 12.6. The maximum Gasteiger partial charge on any atom is 0.239 e. The van der Waals surface area contributed by atoms with Gasteiger partial charge in [0.25, 0.3) is 0 Å². The molecule has 6 heteroatoms. The van der Waals surface area contributed by atoms with Gasteiger partial charge in [0.05, 0.1) is 6.04 Å². The van der Waals surface area contributed by atoms with Crippen molar-refractivity contribution >= 4 is 5.91 Å². The summed E-state index contributed by atoms with van der Waals surface area (Å²) in [5.41, 5.74) is 7.30. The summed E-state index contributed by atoms with van der Waals surface area (Å²) in [6.45, 7) is 5.32. The van der Waals surface area contributed by atoms with Crippen LogP contribution in [0.1, 0.15) is 18.4 Å². The number of phenolic OH excluding ortho intramolecular Hbond substituents is 1. The molecule has 0 saturated carbocycles. The number of piperazine rings is 1. The van der Waals surface area contributed by atoms with Crippen LogP contribution in [0.25, 0.3) is 0 Å². The van der Waals surface area contributed by atoms with Crippen molar-refractivity contribution < 1.29 is 14.6 Å². The summed E-state index contributed by atoms with van der Waals surface area (Å²) in [6, 6.07) is 6.94. The number of ether oxygens (including phenoxy) is 1. The van der Waals surface area contributed by atoms with Crippen molar-refractivity contribution in [3.8, 4) is 5.75 Å². The molecule has 1 aromatic rings. The van der Waals surface area contributed by atoms with E-state index in [0.717, 1.165) is 38.0 Å². The van der Waals surface area contributed by atoms with Gasteiger partial charge in [-0.05, 0) is 36.5 Å². The Morgan fingerprint density at radius 1 is 1.25 bits per heavy atom. The molecular weight excluding hydrogens is 306 g/mol. The van der Waals surface area contributed by atoms with Gasteiger partial charge in [-0.1, -0.05) is 12.1 Å². The topological polar surface area (TPSA) is 79.0 Å². The Bertz CT molecular complexity index is 552. The van der Waals surface area contributed by atoms with Crippen LogP contribution in [0.15, 0.2) is 24.3 Å². The van der Waals surface area contributed by atoms with E-state index in [2.05, 4.69) is 4.90 Å². The number of nitrogens with zero attached hydrogens (tertiary/aromatic N) is 2. The van der Waals surface area contributed by atoms with E-state index < -0.39 is 6.04 Å². The van der Waals surface area contributed by atoms with Gasteiger partial charge in [0.2, 0.25) is 5.91 Å². The zero-order valence-electron chi connectivity index (χ0n) is 14.1. The number of nitrogens with two attached hydrogens (primary N) is 1. The number of hydrogen-bond acceptors (Lipinski definition) is 5. The number of aromatic hydroxyl groups is 1. The van der Waals surface area contributed by atoms with Crippen molar-refractivity contribution in [3.05, 3.63) is 29.8 Å². The SMILES string of the molecule is NC(C(=O)N1CCN(Cc2cccc(O)c2)CC1)C1CCOCC1. The van der Waals surface area contributed by atoms with E-state index in [0.29, 0.717) is 32.1 Å². The first-order valence-electron chi connectivity index (χ1n) is 8.76. The molecule has 0 spiro atoms. The van der Waals surface area contributed by atoms with Gasteiger partial charge in [-0.3, -0.25) is 9.69 Å². The normalized spacial score (nSPS) is 21.6. The number of rotatable bonds is 4. The van der Waals surface area contributed by atoms with Gasteiger partial charge in [-0.2, -0.15) is 0 Å². The third kappa shape index (κ3) is 4.26. The lowest BCUT2D eigenvalue weighted by molar-refractivity contribution is -0.136. The second kappa shape index (κ2) is 7.96. The molecule has 1 atom stereocenters. The molecule has 2 aliphatic heterocycles. The molecule has 0 bridgehead atoms. The zero-order valence-corrected chi connectivity index (χ0v) is 14.1. The summed E-state index contributed by atoms with van der Waals surface area (Å²) in [4.78, 5) is 16.8. The van der Waals surface area contributed by atoms with E-state index in [9.17, 15) is 9.90 Å². The first-order valence-corrected chi connectivity index (χ1v) is 8.76. The van der Waals surface area contributed by atoms with E-state index in [-0.39, 0.29) is 11.8 Å². The minimum Gasteiger partial charge on any atom is -0.508 e. The van der Waals surface area contributed by atoms with Crippen LogP contribution in [-0.4, -0.2) is 66.2 Å². The van der Waals surface area contributed by atoms with E-state index >= 15 is 0 Å². The highest BCUT2D eigenvalue weighted by Crippen LogP contribution is 2.20. The van der Waals surface area contributed by atoms with Gasteiger partial charge in [-0.25, -0.2) is 0 Å². The van der Waals surface area contributed by atoms with Crippen molar-refractivity contribution in [1.29, 1.82) is 0 Å². The van der Waals surface area contributed by atoms with Crippen LogP contribution < -0.4 is 5.73 Å². The predicted molar refractivity (Wildman–Crippen MR) is 91.5 cm³/mol.